The molecule has 154 valence electrons. The van der Waals surface area contributed by atoms with E-state index in [2.05, 4.69) is 41.8 Å². The molecule has 0 spiro atoms. The molecule has 0 unspecified atom stereocenters. The van der Waals surface area contributed by atoms with Gasteiger partial charge in [0.2, 0.25) is 5.91 Å². The lowest BCUT2D eigenvalue weighted by Gasteiger charge is -2.20. The fraction of sp³-hybridized carbons (Fsp3) is 0.250. The van der Waals surface area contributed by atoms with Crippen LogP contribution in [0.15, 0.2) is 54.6 Å². The second-order valence-electron chi connectivity index (χ2n) is 7.61. The fourth-order valence-corrected chi connectivity index (χ4v) is 5.26. The summed E-state index contributed by atoms with van der Waals surface area (Å²) in [5, 5.41) is 6.85. The second kappa shape index (κ2) is 8.81. The minimum Gasteiger partial charge on any atom is -0.365 e. The number of nitrogens with two attached hydrogens (primary N) is 1. The molecule has 3 aromatic rings. The molecule has 0 saturated heterocycles. The maximum Gasteiger partial charge on any atom is 0.251 e. The van der Waals surface area contributed by atoms with Crippen LogP contribution in [0.25, 0.3) is 0 Å². The standard InChI is InChI=1S/C24H25N3O2S/c1-15-10-12-17(13-11-15)22(16-6-3-2-4-7-16)26-14-20(28)27-24-21(23(25)29)18-8-5-9-19(18)30-24/h2-4,6-7,10-13,22,26H,5,8-9,14H2,1H3,(H2,25,29)(H,27,28)/t22-/m0/s1. The van der Waals surface area contributed by atoms with Crippen LogP contribution >= 0.6 is 11.3 Å². The molecule has 6 heteroatoms. The van der Waals surface area contributed by atoms with E-state index in [-0.39, 0.29) is 18.5 Å². The first-order chi connectivity index (χ1) is 14.5. The third-order valence-corrected chi connectivity index (χ3v) is 6.64. The molecule has 0 aliphatic heterocycles. The summed E-state index contributed by atoms with van der Waals surface area (Å²) >= 11 is 1.47. The Labute approximate surface area is 180 Å². The van der Waals surface area contributed by atoms with Crippen molar-refractivity contribution in [3.8, 4) is 0 Å². The summed E-state index contributed by atoms with van der Waals surface area (Å²) in [4.78, 5) is 25.8. The molecule has 2 aromatic carbocycles. The molecular weight excluding hydrogens is 394 g/mol. The molecular formula is C24H25N3O2S. The normalized spacial score (nSPS) is 13.6. The summed E-state index contributed by atoms with van der Waals surface area (Å²) in [5.74, 6) is -0.662. The van der Waals surface area contributed by atoms with Gasteiger partial charge < -0.3 is 11.1 Å². The first kappa shape index (κ1) is 20.3. The number of carbonyl (C=O) groups excluding carboxylic acids is 2. The molecule has 1 heterocycles. The average molecular weight is 420 g/mol. The van der Waals surface area contributed by atoms with Crippen molar-refractivity contribution in [2.45, 2.75) is 32.2 Å². The van der Waals surface area contributed by atoms with E-state index in [0.717, 1.165) is 40.8 Å². The van der Waals surface area contributed by atoms with Gasteiger partial charge >= 0.3 is 0 Å². The van der Waals surface area contributed by atoms with Gasteiger partial charge in [-0.1, -0.05) is 60.2 Å². The van der Waals surface area contributed by atoms with E-state index in [1.807, 2.05) is 30.3 Å². The van der Waals surface area contributed by atoms with Crippen LogP contribution in [0.1, 0.15) is 50.0 Å². The summed E-state index contributed by atoms with van der Waals surface area (Å²) in [7, 11) is 0. The Balaban J connectivity index is 1.50. The highest BCUT2D eigenvalue weighted by Gasteiger charge is 2.26. The largest absolute Gasteiger partial charge is 0.365 e. The predicted molar refractivity (Wildman–Crippen MR) is 121 cm³/mol. The van der Waals surface area contributed by atoms with Gasteiger partial charge in [-0.3, -0.25) is 14.9 Å². The van der Waals surface area contributed by atoms with Gasteiger partial charge in [0, 0.05) is 4.88 Å². The molecule has 4 rings (SSSR count). The molecule has 2 amide bonds. The van der Waals surface area contributed by atoms with Crippen molar-refractivity contribution in [1.82, 2.24) is 5.32 Å². The number of hydrogen-bond donors (Lipinski definition) is 3. The topological polar surface area (TPSA) is 84.2 Å². The van der Waals surface area contributed by atoms with Gasteiger partial charge in [0.1, 0.15) is 5.00 Å². The number of thiophene rings is 1. The van der Waals surface area contributed by atoms with E-state index in [1.165, 1.54) is 16.9 Å². The van der Waals surface area contributed by atoms with Crippen molar-refractivity contribution in [2.24, 2.45) is 5.73 Å². The van der Waals surface area contributed by atoms with Crippen molar-refractivity contribution in [1.29, 1.82) is 0 Å². The van der Waals surface area contributed by atoms with Crippen molar-refractivity contribution in [3.05, 3.63) is 87.3 Å². The highest BCUT2D eigenvalue weighted by Crippen LogP contribution is 2.38. The van der Waals surface area contributed by atoms with Crippen LogP contribution in [-0.4, -0.2) is 18.4 Å². The quantitative estimate of drug-likeness (QED) is 0.542. The Morgan fingerprint density at radius 3 is 2.43 bits per heavy atom. The van der Waals surface area contributed by atoms with Crippen LogP contribution in [0.5, 0.6) is 0 Å². The van der Waals surface area contributed by atoms with Gasteiger partial charge in [-0.25, -0.2) is 0 Å². The number of hydrogen-bond acceptors (Lipinski definition) is 4. The molecule has 1 atom stereocenters. The first-order valence-corrected chi connectivity index (χ1v) is 10.9. The molecule has 0 radical (unpaired) electrons. The SMILES string of the molecule is Cc1ccc([C@@H](NCC(=O)Nc2sc3c(c2C(N)=O)CCC3)c2ccccc2)cc1. The molecule has 5 nitrogen and oxygen atoms in total. The molecule has 4 N–H and O–H groups in total. The Hall–Kier alpha value is -2.96. The number of fused-ring (bicyclic) bond motifs is 1. The molecule has 1 aromatic heterocycles. The van der Waals surface area contributed by atoms with E-state index in [4.69, 9.17) is 5.73 Å². The van der Waals surface area contributed by atoms with E-state index >= 15 is 0 Å². The smallest absolute Gasteiger partial charge is 0.251 e. The maximum atomic E-state index is 12.7. The van der Waals surface area contributed by atoms with Gasteiger partial charge in [-0.05, 0) is 42.9 Å². The third-order valence-electron chi connectivity index (χ3n) is 5.43. The van der Waals surface area contributed by atoms with Crippen LogP contribution in [0.2, 0.25) is 0 Å². The number of benzene rings is 2. The minimum absolute atomic E-state index is 0.110. The van der Waals surface area contributed by atoms with Crippen LogP contribution in [0.4, 0.5) is 5.00 Å². The number of anilines is 1. The Bertz CT molecular complexity index is 1060. The Morgan fingerprint density at radius 2 is 1.73 bits per heavy atom. The third kappa shape index (κ3) is 4.30. The van der Waals surface area contributed by atoms with Crippen molar-refractivity contribution in [3.63, 3.8) is 0 Å². The maximum absolute atomic E-state index is 12.7. The number of primary amides is 1. The van der Waals surface area contributed by atoms with Crippen molar-refractivity contribution in [2.75, 3.05) is 11.9 Å². The van der Waals surface area contributed by atoms with Gasteiger partial charge in [-0.2, -0.15) is 0 Å². The number of nitrogens with one attached hydrogen (secondary N) is 2. The minimum atomic E-state index is -0.473. The summed E-state index contributed by atoms with van der Waals surface area (Å²) in [6.07, 6.45) is 2.83. The summed E-state index contributed by atoms with van der Waals surface area (Å²) in [6, 6.07) is 18.2. The van der Waals surface area contributed by atoms with E-state index < -0.39 is 5.91 Å². The summed E-state index contributed by atoms with van der Waals surface area (Å²) in [6.45, 7) is 2.17. The van der Waals surface area contributed by atoms with E-state index in [9.17, 15) is 9.59 Å². The van der Waals surface area contributed by atoms with Gasteiger partial charge in [0.05, 0.1) is 18.2 Å². The number of carbonyl (C=O) groups is 2. The van der Waals surface area contributed by atoms with Gasteiger partial charge in [0.25, 0.3) is 5.91 Å². The number of aryl methyl sites for hydroxylation is 2. The zero-order valence-electron chi connectivity index (χ0n) is 16.9. The second-order valence-corrected chi connectivity index (χ2v) is 8.71. The molecule has 1 aliphatic rings. The molecule has 1 aliphatic carbocycles. The summed E-state index contributed by atoms with van der Waals surface area (Å²) in [5.41, 5.74) is 10.5. The predicted octanol–water partition coefficient (Wildman–Crippen LogP) is 3.96. The zero-order chi connectivity index (χ0) is 21.1. The molecule has 30 heavy (non-hydrogen) atoms. The molecule has 0 fully saturated rings. The monoisotopic (exact) mass is 419 g/mol. The lowest BCUT2D eigenvalue weighted by molar-refractivity contribution is -0.115. The first-order valence-electron chi connectivity index (χ1n) is 10.1. The molecule has 0 saturated carbocycles. The van der Waals surface area contributed by atoms with Crippen LogP contribution in [0, 0.1) is 6.92 Å². The summed E-state index contributed by atoms with van der Waals surface area (Å²) < 4.78 is 0. The van der Waals surface area contributed by atoms with Crippen molar-refractivity contribution >= 4 is 28.2 Å². The van der Waals surface area contributed by atoms with Crippen LogP contribution in [-0.2, 0) is 17.6 Å². The number of rotatable bonds is 7. The van der Waals surface area contributed by atoms with Crippen LogP contribution < -0.4 is 16.4 Å². The molecule has 0 bridgehead atoms. The Morgan fingerprint density at radius 1 is 1.03 bits per heavy atom. The van der Waals surface area contributed by atoms with E-state index in [1.54, 1.807) is 0 Å². The van der Waals surface area contributed by atoms with Crippen molar-refractivity contribution < 1.29 is 9.59 Å². The lowest BCUT2D eigenvalue weighted by atomic mass is 9.98. The van der Waals surface area contributed by atoms with Crippen LogP contribution in [0.3, 0.4) is 0 Å². The van der Waals surface area contributed by atoms with Gasteiger partial charge in [-0.15, -0.1) is 11.3 Å². The average Bonchev–Trinajstić information content (AvgIpc) is 3.30. The fourth-order valence-electron chi connectivity index (χ4n) is 3.95. The number of amides is 2. The lowest BCUT2D eigenvalue weighted by Crippen LogP contribution is -2.32. The van der Waals surface area contributed by atoms with Gasteiger partial charge in [0.15, 0.2) is 0 Å². The highest BCUT2D eigenvalue weighted by molar-refractivity contribution is 7.17. The Kier molecular flexibility index (Phi) is 5.97. The highest BCUT2D eigenvalue weighted by atomic mass is 32.1. The zero-order valence-corrected chi connectivity index (χ0v) is 17.7. The van der Waals surface area contributed by atoms with E-state index in [0.29, 0.717) is 10.6 Å².